The van der Waals surface area contributed by atoms with Crippen molar-refractivity contribution >= 4 is 18.3 Å². The Bertz CT molecular complexity index is 403. The number of fused-ring (bicyclic) bond motifs is 2. The standard InChI is InChI=1S/C18H30N2O.ClH/c21-18(20-10-8-17-16(12-20)7-9-19-17)15-6-5-13-3-1-2-4-14(13)11-15;/h13-17,19H,1-12H2;1H. The number of carbonyl (C=O) groups excluding carboxylic acids is 1. The molecule has 0 spiro atoms. The van der Waals surface area contributed by atoms with Crippen LogP contribution in [0.2, 0.25) is 0 Å². The van der Waals surface area contributed by atoms with Gasteiger partial charge in [0.15, 0.2) is 0 Å². The molecule has 4 heteroatoms. The van der Waals surface area contributed by atoms with Gasteiger partial charge < -0.3 is 10.2 Å². The SMILES string of the molecule is Cl.O=C(C1CCC2CCCCC2C1)N1CCC2NCCC2C1. The van der Waals surface area contributed by atoms with Gasteiger partial charge in [-0.15, -0.1) is 12.4 Å². The number of likely N-dealkylation sites (tertiary alicyclic amines) is 1. The fraction of sp³-hybridized carbons (Fsp3) is 0.944. The maximum absolute atomic E-state index is 12.9. The zero-order valence-electron chi connectivity index (χ0n) is 13.6. The molecular formula is C18H31ClN2O. The van der Waals surface area contributed by atoms with Crippen molar-refractivity contribution in [2.24, 2.45) is 23.7 Å². The maximum atomic E-state index is 12.9. The summed E-state index contributed by atoms with van der Waals surface area (Å²) < 4.78 is 0. The van der Waals surface area contributed by atoms with E-state index in [4.69, 9.17) is 0 Å². The summed E-state index contributed by atoms with van der Waals surface area (Å²) in [6.45, 7) is 3.18. The smallest absolute Gasteiger partial charge is 0.225 e. The van der Waals surface area contributed by atoms with Crippen molar-refractivity contribution < 1.29 is 4.79 Å². The predicted octanol–water partition coefficient (Wildman–Crippen LogP) is 3.23. The Morgan fingerprint density at radius 2 is 1.73 bits per heavy atom. The van der Waals surface area contributed by atoms with E-state index in [0.717, 1.165) is 37.4 Å². The van der Waals surface area contributed by atoms with Crippen LogP contribution in [0.25, 0.3) is 0 Å². The Balaban J connectivity index is 0.00000144. The summed E-state index contributed by atoms with van der Waals surface area (Å²) in [6.07, 6.45) is 11.8. The van der Waals surface area contributed by atoms with Crippen molar-refractivity contribution in [1.82, 2.24) is 10.2 Å². The van der Waals surface area contributed by atoms with Crippen molar-refractivity contribution in [2.45, 2.75) is 63.8 Å². The average molecular weight is 327 g/mol. The molecule has 4 aliphatic rings. The van der Waals surface area contributed by atoms with Crippen LogP contribution in [-0.2, 0) is 4.79 Å². The number of hydrogen-bond donors (Lipinski definition) is 1. The Labute approximate surface area is 141 Å². The number of rotatable bonds is 1. The number of halogens is 1. The quantitative estimate of drug-likeness (QED) is 0.802. The fourth-order valence-electron chi connectivity index (χ4n) is 5.60. The van der Waals surface area contributed by atoms with Gasteiger partial charge in [0.25, 0.3) is 0 Å². The number of piperidine rings is 1. The summed E-state index contributed by atoms with van der Waals surface area (Å²) in [5.74, 6) is 3.41. The molecule has 4 fully saturated rings. The van der Waals surface area contributed by atoms with Crippen LogP contribution in [0.1, 0.15) is 57.8 Å². The lowest BCUT2D eigenvalue weighted by Crippen LogP contribution is -2.49. The van der Waals surface area contributed by atoms with E-state index in [9.17, 15) is 4.79 Å². The lowest BCUT2D eigenvalue weighted by molar-refractivity contribution is -0.139. The molecular weight excluding hydrogens is 296 g/mol. The third-order valence-corrected chi connectivity index (χ3v) is 6.86. The highest BCUT2D eigenvalue weighted by Gasteiger charge is 2.39. The molecule has 1 N–H and O–H groups in total. The van der Waals surface area contributed by atoms with Gasteiger partial charge in [-0.1, -0.05) is 25.7 Å². The zero-order chi connectivity index (χ0) is 14.2. The molecule has 5 unspecified atom stereocenters. The van der Waals surface area contributed by atoms with Crippen LogP contribution in [-0.4, -0.2) is 36.5 Å². The molecule has 0 aromatic heterocycles. The number of nitrogens with one attached hydrogen (secondary N) is 1. The number of hydrogen-bond acceptors (Lipinski definition) is 2. The van der Waals surface area contributed by atoms with Gasteiger partial charge in [-0.25, -0.2) is 0 Å². The van der Waals surface area contributed by atoms with E-state index >= 15 is 0 Å². The van der Waals surface area contributed by atoms with E-state index in [-0.39, 0.29) is 12.4 Å². The van der Waals surface area contributed by atoms with Gasteiger partial charge in [0.2, 0.25) is 5.91 Å². The zero-order valence-corrected chi connectivity index (χ0v) is 14.5. The van der Waals surface area contributed by atoms with Crippen LogP contribution in [0.5, 0.6) is 0 Å². The van der Waals surface area contributed by atoms with E-state index in [0.29, 0.717) is 17.9 Å². The van der Waals surface area contributed by atoms with Gasteiger partial charge in [0, 0.05) is 25.0 Å². The van der Waals surface area contributed by atoms with E-state index in [2.05, 4.69) is 10.2 Å². The molecule has 0 radical (unpaired) electrons. The lowest BCUT2D eigenvalue weighted by atomic mass is 9.67. The van der Waals surface area contributed by atoms with Crippen molar-refractivity contribution in [3.05, 3.63) is 0 Å². The second kappa shape index (κ2) is 7.09. The largest absolute Gasteiger partial charge is 0.342 e. The first kappa shape index (κ1) is 16.6. The van der Waals surface area contributed by atoms with Crippen LogP contribution in [0.15, 0.2) is 0 Å². The van der Waals surface area contributed by atoms with E-state index < -0.39 is 0 Å². The molecule has 5 atom stereocenters. The monoisotopic (exact) mass is 326 g/mol. The second-order valence-electron chi connectivity index (χ2n) is 8.00. The molecule has 1 amide bonds. The van der Waals surface area contributed by atoms with Gasteiger partial charge in [0.05, 0.1) is 0 Å². The lowest BCUT2D eigenvalue weighted by Gasteiger charge is -2.42. The third kappa shape index (κ3) is 3.17. The molecule has 22 heavy (non-hydrogen) atoms. The van der Waals surface area contributed by atoms with Gasteiger partial charge in [0.1, 0.15) is 0 Å². The fourth-order valence-corrected chi connectivity index (χ4v) is 5.60. The highest BCUT2D eigenvalue weighted by molar-refractivity contribution is 5.85. The molecule has 2 saturated carbocycles. The van der Waals surface area contributed by atoms with E-state index in [1.807, 2.05) is 0 Å². The van der Waals surface area contributed by atoms with Crippen LogP contribution in [0.4, 0.5) is 0 Å². The molecule has 2 aliphatic carbocycles. The number of nitrogens with zero attached hydrogens (tertiary/aromatic N) is 1. The Morgan fingerprint density at radius 1 is 0.909 bits per heavy atom. The average Bonchev–Trinajstić information content (AvgIpc) is 3.01. The minimum absolute atomic E-state index is 0. The van der Waals surface area contributed by atoms with Crippen molar-refractivity contribution in [3.8, 4) is 0 Å². The molecule has 2 aliphatic heterocycles. The molecule has 0 bridgehead atoms. The highest BCUT2D eigenvalue weighted by Crippen LogP contribution is 2.43. The Hall–Kier alpha value is -0.280. The highest BCUT2D eigenvalue weighted by atomic mass is 35.5. The summed E-state index contributed by atoms with van der Waals surface area (Å²) in [5, 5.41) is 3.60. The number of carbonyl (C=O) groups is 1. The first-order valence-corrected chi connectivity index (χ1v) is 9.33. The Morgan fingerprint density at radius 3 is 2.59 bits per heavy atom. The van der Waals surface area contributed by atoms with Crippen LogP contribution < -0.4 is 5.32 Å². The molecule has 3 nitrogen and oxygen atoms in total. The minimum atomic E-state index is 0. The molecule has 0 aromatic carbocycles. The minimum Gasteiger partial charge on any atom is -0.342 e. The summed E-state index contributed by atoms with van der Waals surface area (Å²) in [5.41, 5.74) is 0. The topological polar surface area (TPSA) is 32.3 Å². The van der Waals surface area contributed by atoms with Gasteiger partial charge in [-0.3, -0.25) is 4.79 Å². The van der Waals surface area contributed by atoms with Gasteiger partial charge >= 0.3 is 0 Å². The van der Waals surface area contributed by atoms with Crippen LogP contribution in [0.3, 0.4) is 0 Å². The molecule has 126 valence electrons. The molecule has 2 saturated heterocycles. The van der Waals surface area contributed by atoms with Gasteiger partial charge in [-0.2, -0.15) is 0 Å². The van der Waals surface area contributed by atoms with Crippen molar-refractivity contribution in [1.29, 1.82) is 0 Å². The summed E-state index contributed by atoms with van der Waals surface area (Å²) in [7, 11) is 0. The van der Waals surface area contributed by atoms with Gasteiger partial charge in [-0.05, 0) is 56.4 Å². The summed E-state index contributed by atoms with van der Waals surface area (Å²) in [6, 6.07) is 0.697. The number of amides is 1. The van der Waals surface area contributed by atoms with E-state index in [1.165, 1.54) is 57.8 Å². The van der Waals surface area contributed by atoms with Crippen molar-refractivity contribution in [3.63, 3.8) is 0 Å². The van der Waals surface area contributed by atoms with E-state index in [1.54, 1.807) is 0 Å². The van der Waals surface area contributed by atoms with Crippen molar-refractivity contribution in [2.75, 3.05) is 19.6 Å². The second-order valence-corrected chi connectivity index (χ2v) is 8.00. The summed E-state index contributed by atoms with van der Waals surface area (Å²) in [4.78, 5) is 15.1. The first-order chi connectivity index (χ1) is 10.3. The first-order valence-electron chi connectivity index (χ1n) is 9.33. The third-order valence-electron chi connectivity index (χ3n) is 6.86. The molecule has 4 rings (SSSR count). The Kier molecular flexibility index (Phi) is 5.34. The molecule has 2 heterocycles. The van der Waals surface area contributed by atoms with Crippen LogP contribution >= 0.6 is 12.4 Å². The summed E-state index contributed by atoms with van der Waals surface area (Å²) >= 11 is 0. The predicted molar refractivity (Wildman–Crippen MR) is 91.1 cm³/mol. The maximum Gasteiger partial charge on any atom is 0.225 e. The molecule has 0 aromatic rings. The normalized spacial score (nSPS) is 41.3. The van der Waals surface area contributed by atoms with Crippen LogP contribution in [0, 0.1) is 23.7 Å².